The number of carboxylic acid groups (broad SMARTS) is 1. The Kier molecular flexibility index (Phi) is 4.70. The quantitative estimate of drug-likeness (QED) is 0.824. The van der Waals surface area contributed by atoms with E-state index in [-0.39, 0.29) is 0 Å². The van der Waals surface area contributed by atoms with Gasteiger partial charge < -0.3 is 10.4 Å². The number of aryl methyl sites for hydroxylation is 1. The van der Waals surface area contributed by atoms with Gasteiger partial charge in [0.1, 0.15) is 0 Å². The van der Waals surface area contributed by atoms with E-state index in [4.69, 9.17) is 0 Å². The molecule has 0 heterocycles. The van der Waals surface area contributed by atoms with Crippen LogP contribution in [-0.2, 0) is 4.79 Å². The molecule has 0 fully saturated rings. The summed E-state index contributed by atoms with van der Waals surface area (Å²) in [6.45, 7) is 6.82. The van der Waals surface area contributed by atoms with Crippen LogP contribution < -0.4 is 5.32 Å². The zero-order valence-electron chi connectivity index (χ0n) is 11.0. The summed E-state index contributed by atoms with van der Waals surface area (Å²) in [5.74, 6) is -1.16. The standard InChI is InChI=1S/C14H21NO2/c1-9-5-6-12(11(3)10(9)2)13(14(16)17)7-8-15-4/h5-6,13,15H,7-8H2,1-4H3,(H,16,17). The van der Waals surface area contributed by atoms with Gasteiger partial charge in [-0.3, -0.25) is 4.79 Å². The number of aliphatic carboxylic acids is 1. The van der Waals surface area contributed by atoms with Crippen molar-refractivity contribution >= 4 is 5.97 Å². The molecule has 1 aromatic rings. The first-order chi connectivity index (χ1) is 7.99. The van der Waals surface area contributed by atoms with Crippen molar-refractivity contribution in [1.82, 2.24) is 5.32 Å². The van der Waals surface area contributed by atoms with Crippen LogP contribution in [0.2, 0.25) is 0 Å². The molecule has 1 rings (SSSR count). The molecular formula is C14H21NO2. The third-order valence-electron chi connectivity index (χ3n) is 3.46. The van der Waals surface area contributed by atoms with Crippen molar-refractivity contribution in [2.75, 3.05) is 13.6 Å². The molecule has 3 nitrogen and oxygen atoms in total. The van der Waals surface area contributed by atoms with Crippen molar-refractivity contribution in [2.24, 2.45) is 0 Å². The summed E-state index contributed by atoms with van der Waals surface area (Å²) < 4.78 is 0. The van der Waals surface area contributed by atoms with Gasteiger partial charge in [0.05, 0.1) is 5.92 Å². The van der Waals surface area contributed by atoms with Gasteiger partial charge in [0.2, 0.25) is 0 Å². The zero-order valence-corrected chi connectivity index (χ0v) is 11.0. The van der Waals surface area contributed by atoms with Crippen molar-refractivity contribution in [2.45, 2.75) is 33.1 Å². The van der Waals surface area contributed by atoms with Crippen LogP contribution in [0, 0.1) is 20.8 Å². The lowest BCUT2D eigenvalue weighted by Crippen LogP contribution is -2.19. The fourth-order valence-electron chi connectivity index (χ4n) is 2.06. The maximum atomic E-state index is 11.3. The third kappa shape index (κ3) is 3.07. The highest BCUT2D eigenvalue weighted by Gasteiger charge is 2.21. The summed E-state index contributed by atoms with van der Waals surface area (Å²) in [6.07, 6.45) is 0.620. The van der Waals surface area contributed by atoms with Crippen molar-refractivity contribution in [3.05, 3.63) is 34.4 Å². The number of carbonyl (C=O) groups is 1. The van der Waals surface area contributed by atoms with Gasteiger partial charge >= 0.3 is 5.97 Å². The molecular weight excluding hydrogens is 214 g/mol. The molecule has 0 radical (unpaired) electrons. The van der Waals surface area contributed by atoms with Gasteiger partial charge in [-0.05, 0) is 63.0 Å². The molecule has 1 aromatic carbocycles. The van der Waals surface area contributed by atoms with E-state index >= 15 is 0 Å². The van der Waals surface area contributed by atoms with Crippen LogP contribution in [0.5, 0.6) is 0 Å². The second-order valence-corrected chi connectivity index (χ2v) is 4.50. The average molecular weight is 235 g/mol. The number of rotatable bonds is 5. The highest BCUT2D eigenvalue weighted by Crippen LogP contribution is 2.26. The van der Waals surface area contributed by atoms with Crippen molar-refractivity contribution < 1.29 is 9.90 Å². The fraction of sp³-hybridized carbons (Fsp3) is 0.500. The van der Waals surface area contributed by atoms with E-state index in [0.717, 1.165) is 11.1 Å². The predicted octanol–water partition coefficient (Wildman–Crippen LogP) is 2.39. The molecule has 0 saturated heterocycles. The lowest BCUT2D eigenvalue weighted by Gasteiger charge is -2.17. The molecule has 94 valence electrons. The van der Waals surface area contributed by atoms with E-state index in [1.807, 2.05) is 33.0 Å². The first-order valence-corrected chi connectivity index (χ1v) is 5.93. The van der Waals surface area contributed by atoms with E-state index in [1.165, 1.54) is 11.1 Å². The Morgan fingerprint density at radius 3 is 2.47 bits per heavy atom. The van der Waals surface area contributed by atoms with Gasteiger partial charge in [0.25, 0.3) is 0 Å². The zero-order chi connectivity index (χ0) is 13.0. The fourth-order valence-corrected chi connectivity index (χ4v) is 2.06. The first kappa shape index (κ1) is 13.7. The molecule has 0 aliphatic heterocycles. The number of carboxylic acids is 1. The van der Waals surface area contributed by atoms with Gasteiger partial charge in [-0.1, -0.05) is 12.1 Å². The molecule has 0 aliphatic carbocycles. The Hall–Kier alpha value is -1.35. The van der Waals surface area contributed by atoms with Gasteiger partial charge in [-0.25, -0.2) is 0 Å². The summed E-state index contributed by atoms with van der Waals surface area (Å²) in [4.78, 5) is 11.3. The highest BCUT2D eigenvalue weighted by atomic mass is 16.4. The van der Waals surface area contributed by atoms with E-state index in [0.29, 0.717) is 13.0 Å². The van der Waals surface area contributed by atoms with Gasteiger partial charge in [-0.2, -0.15) is 0 Å². The molecule has 0 spiro atoms. The maximum absolute atomic E-state index is 11.3. The predicted molar refractivity (Wildman–Crippen MR) is 69.6 cm³/mol. The van der Waals surface area contributed by atoms with E-state index < -0.39 is 11.9 Å². The second kappa shape index (κ2) is 5.82. The third-order valence-corrected chi connectivity index (χ3v) is 3.46. The van der Waals surface area contributed by atoms with Crippen LogP contribution in [0.3, 0.4) is 0 Å². The van der Waals surface area contributed by atoms with Crippen LogP contribution in [0.15, 0.2) is 12.1 Å². The molecule has 0 saturated carbocycles. The van der Waals surface area contributed by atoms with Crippen molar-refractivity contribution in [3.63, 3.8) is 0 Å². The minimum atomic E-state index is -0.744. The van der Waals surface area contributed by atoms with Crippen LogP contribution in [0.25, 0.3) is 0 Å². The van der Waals surface area contributed by atoms with Crippen molar-refractivity contribution in [1.29, 1.82) is 0 Å². The Morgan fingerprint density at radius 2 is 1.94 bits per heavy atom. The normalized spacial score (nSPS) is 12.5. The highest BCUT2D eigenvalue weighted by molar-refractivity contribution is 5.77. The Morgan fingerprint density at radius 1 is 1.29 bits per heavy atom. The van der Waals surface area contributed by atoms with E-state index in [1.54, 1.807) is 0 Å². The Labute approximate surface area is 103 Å². The summed E-state index contributed by atoms with van der Waals surface area (Å²) in [6, 6.07) is 3.96. The number of hydrogen-bond donors (Lipinski definition) is 2. The lowest BCUT2D eigenvalue weighted by molar-refractivity contribution is -0.138. The van der Waals surface area contributed by atoms with Crippen LogP contribution >= 0.6 is 0 Å². The molecule has 0 aromatic heterocycles. The molecule has 2 N–H and O–H groups in total. The van der Waals surface area contributed by atoms with Crippen LogP contribution in [-0.4, -0.2) is 24.7 Å². The van der Waals surface area contributed by atoms with Crippen LogP contribution in [0.4, 0.5) is 0 Å². The molecule has 1 atom stereocenters. The average Bonchev–Trinajstić information content (AvgIpc) is 2.28. The molecule has 0 aliphatic rings. The molecule has 0 bridgehead atoms. The molecule has 1 unspecified atom stereocenters. The second-order valence-electron chi connectivity index (χ2n) is 4.50. The molecule has 0 amide bonds. The maximum Gasteiger partial charge on any atom is 0.311 e. The number of nitrogens with one attached hydrogen (secondary N) is 1. The van der Waals surface area contributed by atoms with Gasteiger partial charge in [0.15, 0.2) is 0 Å². The van der Waals surface area contributed by atoms with Gasteiger partial charge in [0, 0.05) is 0 Å². The monoisotopic (exact) mass is 235 g/mol. The minimum absolute atomic E-state index is 0.415. The SMILES string of the molecule is CNCCC(C(=O)O)c1ccc(C)c(C)c1C. The molecule has 3 heteroatoms. The number of benzene rings is 1. The summed E-state index contributed by atoms with van der Waals surface area (Å²) in [7, 11) is 1.84. The van der Waals surface area contributed by atoms with E-state index in [9.17, 15) is 9.90 Å². The van der Waals surface area contributed by atoms with Crippen molar-refractivity contribution in [3.8, 4) is 0 Å². The summed E-state index contributed by atoms with van der Waals surface area (Å²) in [5.41, 5.74) is 4.45. The van der Waals surface area contributed by atoms with Crippen LogP contribution in [0.1, 0.15) is 34.6 Å². The largest absolute Gasteiger partial charge is 0.481 e. The smallest absolute Gasteiger partial charge is 0.311 e. The Bertz CT molecular complexity index is 413. The molecule has 17 heavy (non-hydrogen) atoms. The topological polar surface area (TPSA) is 49.3 Å². The van der Waals surface area contributed by atoms with Gasteiger partial charge in [-0.15, -0.1) is 0 Å². The Balaban J connectivity index is 3.10. The van der Waals surface area contributed by atoms with E-state index in [2.05, 4.69) is 12.2 Å². The minimum Gasteiger partial charge on any atom is -0.481 e. The number of hydrogen-bond acceptors (Lipinski definition) is 2. The summed E-state index contributed by atoms with van der Waals surface area (Å²) >= 11 is 0. The lowest BCUT2D eigenvalue weighted by atomic mass is 9.88. The summed E-state index contributed by atoms with van der Waals surface area (Å²) in [5, 5.41) is 12.3. The first-order valence-electron chi connectivity index (χ1n) is 5.93.